The summed E-state index contributed by atoms with van der Waals surface area (Å²) in [5, 5.41) is 26.2. The summed E-state index contributed by atoms with van der Waals surface area (Å²) in [6.07, 6.45) is 8.29. The summed E-state index contributed by atoms with van der Waals surface area (Å²) in [4.78, 5) is 47.7. The molecule has 9 rings (SSSR count). The van der Waals surface area contributed by atoms with Crippen LogP contribution in [0, 0.1) is 11.3 Å². The number of carbonyl (C=O) groups excluding carboxylic acids is 3. The van der Waals surface area contributed by atoms with Crippen LogP contribution in [0.3, 0.4) is 0 Å². The van der Waals surface area contributed by atoms with Crippen LogP contribution in [0.4, 0.5) is 11.4 Å². The summed E-state index contributed by atoms with van der Waals surface area (Å²) in [6.45, 7) is 8.26. The van der Waals surface area contributed by atoms with Gasteiger partial charge >= 0.3 is 0 Å². The number of carbonyl (C=O) groups is 3. The topological polar surface area (TPSA) is 140 Å². The predicted octanol–water partition coefficient (Wildman–Crippen LogP) is 3.70. The molecule has 0 aliphatic carbocycles. The second-order valence-electron chi connectivity index (χ2n) is 16.6. The van der Waals surface area contributed by atoms with Gasteiger partial charge in [-0.3, -0.25) is 24.4 Å². The fraction of sp³-hybridized carbons (Fsp3) is 0.476. The lowest BCUT2D eigenvalue weighted by Crippen LogP contribution is -2.74. The number of amides is 3. The van der Waals surface area contributed by atoms with E-state index in [2.05, 4.69) is 47.2 Å². The van der Waals surface area contributed by atoms with Gasteiger partial charge in [0, 0.05) is 95.2 Å². The first-order valence-electron chi connectivity index (χ1n) is 19.7. The number of nitrogens with one attached hydrogen (secondary N) is 1. The van der Waals surface area contributed by atoms with Crippen LogP contribution in [0.1, 0.15) is 55.7 Å². The number of aromatic hydroxyl groups is 1. The van der Waals surface area contributed by atoms with Crippen molar-refractivity contribution < 1.29 is 19.5 Å². The van der Waals surface area contributed by atoms with E-state index in [0.717, 1.165) is 75.6 Å². The van der Waals surface area contributed by atoms with Gasteiger partial charge in [-0.05, 0) is 80.0 Å². The van der Waals surface area contributed by atoms with E-state index in [0.29, 0.717) is 55.9 Å². The molecule has 5 saturated heterocycles. The van der Waals surface area contributed by atoms with Gasteiger partial charge in [-0.15, -0.1) is 0 Å². The Labute approximate surface area is 321 Å². The number of hydrogen-bond acceptors (Lipinski definition) is 10. The average Bonchev–Trinajstić information content (AvgIpc) is 3.62. The Morgan fingerprint density at radius 3 is 2.31 bits per heavy atom. The number of para-hydroxylation sites is 1. The fourth-order valence-corrected chi connectivity index (χ4v) is 9.86. The van der Waals surface area contributed by atoms with Gasteiger partial charge in [0.2, 0.25) is 17.7 Å². The van der Waals surface area contributed by atoms with Gasteiger partial charge in [0.05, 0.1) is 34.6 Å². The molecule has 0 bridgehead atoms. The largest absolute Gasteiger partial charge is 0.507 e. The molecule has 7 heterocycles. The van der Waals surface area contributed by atoms with Crippen LogP contribution in [0.2, 0.25) is 0 Å². The molecule has 0 radical (unpaired) electrons. The van der Waals surface area contributed by atoms with Crippen LogP contribution in [0.5, 0.6) is 5.75 Å². The van der Waals surface area contributed by atoms with Crippen molar-refractivity contribution in [1.82, 2.24) is 35.1 Å². The molecule has 4 aromatic rings. The standard InChI is InChI=1S/C42H49N9O4/c1-47-17-14-37(46-47)42(15-20-50(21-16-42)32-22-35(45-43-23-32)34-4-2-3-5-36(34)52)40(55)51-27-41(28-51)25-48(26-41)24-29-12-18-49(19-13-29)31-8-6-30(7-9-31)33-10-11-38(53)44-39(33)54/h2-9,14,17,22-23,29,33,52H,10-13,15-16,18-21,24-28H2,1H3,(H,44,53,54)/t33-/m0/s1. The Kier molecular flexibility index (Phi) is 9.07. The van der Waals surface area contributed by atoms with Crippen molar-refractivity contribution >= 4 is 29.1 Å². The molecule has 5 aliphatic rings. The van der Waals surface area contributed by atoms with Crippen LogP contribution in [0.25, 0.3) is 11.3 Å². The molecule has 2 aromatic heterocycles. The van der Waals surface area contributed by atoms with E-state index in [4.69, 9.17) is 5.10 Å². The number of piperidine rings is 3. The Balaban J connectivity index is 0.768. The number of rotatable bonds is 8. The van der Waals surface area contributed by atoms with E-state index in [1.165, 1.54) is 5.69 Å². The fourth-order valence-electron chi connectivity index (χ4n) is 9.86. The SMILES string of the molecule is Cn1ccc(C2(C(=O)N3CC4(CN(CC5CCN(c6ccc([C@@H]7CCC(=O)NC7=O)cc6)CC5)C4)C3)CCN(c3cnnc(-c4ccccc4O)c3)CC2)n1. The first kappa shape index (κ1) is 35.4. The van der Waals surface area contributed by atoms with E-state index in [1.54, 1.807) is 23.0 Å². The maximum atomic E-state index is 14.5. The highest BCUT2D eigenvalue weighted by atomic mass is 16.3. The molecule has 1 atom stereocenters. The second kappa shape index (κ2) is 14.1. The lowest BCUT2D eigenvalue weighted by atomic mass is 9.68. The van der Waals surface area contributed by atoms with Crippen LogP contribution < -0.4 is 15.1 Å². The lowest BCUT2D eigenvalue weighted by molar-refractivity contribution is -0.167. The Morgan fingerprint density at radius 2 is 1.62 bits per heavy atom. The quantitative estimate of drug-likeness (QED) is 0.257. The number of aryl methyl sites for hydroxylation is 1. The second-order valence-corrected chi connectivity index (χ2v) is 16.6. The lowest BCUT2D eigenvalue weighted by Gasteiger charge is -2.62. The van der Waals surface area contributed by atoms with Crippen molar-refractivity contribution in [3.8, 4) is 17.0 Å². The van der Waals surface area contributed by atoms with E-state index < -0.39 is 5.41 Å². The number of likely N-dealkylation sites (tertiary alicyclic amines) is 2. The number of aromatic nitrogens is 4. The maximum absolute atomic E-state index is 14.5. The zero-order valence-electron chi connectivity index (χ0n) is 31.4. The van der Waals surface area contributed by atoms with Gasteiger partial charge < -0.3 is 24.7 Å². The third-order valence-electron chi connectivity index (χ3n) is 12.9. The van der Waals surface area contributed by atoms with Gasteiger partial charge in [0.1, 0.15) is 5.75 Å². The number of imide groups is 1. The van der Waals surface area contributed by atoms with Crippen molar-refractivity contribution in [2.75, 3.05) is 68.7 Å². The molecule has 3 amide bonds. The smallest absolute Gasteiger partial charge is 0.235 e. The van der Waals surface area contributed by atoms with Gasteiger partial charge in [0.15, 0.2) is 0 Å². The molecule has 1 spiro atoms. The van der Waals surface area contributed by atoms with Crippen LogP contribution in [0.15, 0.2) is 73.1 Å². The number of benzene rings is 2. The Bertz CT molecular complexity index is 2070. The summed E-state index contributed by atoms with van der Waals surface area (Å²) in [7, 11) is 1.91. The normalized spacial score (nSPS) is 22.6. The van der Waals surface area contributed by atoms with Crippen LogP contribution >= 0.6 is 0 Å². The molecule has 2 N–H and O–H groups in total. The van der Waals surface area contributed by atoms with Crippen molar-refractivity contribution in [2.45, 2.75) is 49.9 Å². The molecular weight excluding hydrogens is 695 g/mol. The molecule has 0 saturated carbocycles. The molecule has 55 heavy (non-hydrogen) atoms. The minimum absolute atomic E-state index is 0.171. The highest BCUT2D eigenvalue weighted by molar-refractivity contribution is 6.01. The third-order valence-corrected chi connectivity index (χ3v) is 12.9. The van der Waals surface area contributed by atoms with E-state index in [9.17, 15) is 19.5 Å². The number of anilines is 2. The molecule has 5 fully saturated rings. The highest BCUT2D eigenvalue weighted by Crippen LogP contribution is 2.45. The first-order valence-corrected chi connectivity index (χ1v) is 19.7. The summed E-state index contributed by atoms with van der Waals surface area (Å²) < 4.78 is 1.80. The number of hydrogen-bond donors (Lipinski definition) is 2. The monoisotopic (exact) mass is 743 g/mol. The molecular formula is C42H49N9O4. The van der Waals surface area contributed by atoms with Crippen LogP contribution in [-0.2, 0) is 26.8 Å². The predicted molar refractivity (Wildman–Crippen MR) is 207 cm³/mol. The summed E-state index contributed by atoms with van der Waals surface area (Å²) in [5.74, 6) is 0.420. The van der Waals surface area contributed by atoms with Gasteiger partial charge in [-0.25, -0.2) is 0 Å². The van der Waals surface area contributed by atoms with Crippen molar-refractivity contribution in [1.29, 1.82) is 0 Å². The first-order chi connectivity index (χ1) is 26.7. The molecule has 286 valence electrons. The minimum atomic E-state index is -0.664. The van der Waals surface area contributed by atoms with Crippen LogP contribution in [-0.4, -0.2) is 112 Å². The Morgan fingerprint density at radius 1 is 0.891 bits per heavy atom. The van der Waals surface area contributed by atoms with Crippen molar-refractivity contribution in [2.24, 2.45) is 18.4 Å². The number of phenols is 1. The molecule has 0 unspecified atom stereocenters. The molecule has 2 aromatic carbocycles. The van der Waals surface area contributed by atoms with Crippen molar-refractivity contribution in [3.05, 3.63) is 84.3 Å². The van der Waals surface area contributed by atoms with E-state index in [-0.39, 0.29) is 34.8 Å². The minimum Gasteiger partial charge on any atom is -0.507 e. The number of nitrogens with zero attached hydrogens (tertiary/aromatic N) is 8. The highest BCUT2D eigenvalue weighted by Gasteiger charge is 2.57. The van der Waals surface area contributed by atoms with Gasteiger partial charge in [-0.1, -0.05) is 24.3 Å². The van der Waals surface area contributed by atoms with E-state index in [1.807, 2.05) is 49.6 Å². The zero-order valence-corrected chi connectivity index (χ0v) is 31.4. The molecule has 5 aliphatic heterocycles. The summed E-state index contributed by atoms with van der Waals surface area (Å²) >= 11 is 0. The summed E-state index contributed by atoms with van der Waals surface area (Å²) in [5.41, 5.74) is 4.76. The number of phenolic OH excluding ortho intramolecular Hbond substituents is 1. The average molecular weight is 744 g/mol. The molecule has 13 heteroatoms. The zero-order chi connectivity index (χ0) is 37.7. The van der Waals surface area contributed by atoms with Crippen molar-refractivity contribution in [3.63, 3.8) is 0 Å². The van der Waals surface area contributed by atoms with Gasteiger partial charge in [0.25, 0.3) is 0 Å². The van der Waals surface area contributed by atoms with Gasteiger partial charge in [-0.2, -0.15) is 15.3 Å². The third kappa shape index (κ3) is 6.72. The maximum Gasteiger partial charge on any atom is 0.235 e. The Hall–Kier alpha value is -5.30. The summed E-state index contributed by atoms with van der Waals surface area (Å²) in [6, 6.07) is 19.5. The molecule has 13 nitrogen and oxygen atoms in total. The van der Waals surface area contributed by atoms with E-state index >= 15 is 0 Å².